The standard InChI is InChI=1S/C17H13FN2O2/c18-14-6-1-4-12(10-14)17(21)20-11-13-5-2-8-19-16(13)15-7-3-9-22-15/h1-10H,11H2,(H,20,21). The van der Waals surface area contributed by atoms with Crippen LogP contribution in [0.25, 0.3) is 11.5 Å². The van der Waals surface area contributed by atoms with E-state index in [1.165, 1.54) is 18.2 Å². The number of furan rings is 1. The van der Waals surface area contributed by atoms with Gasteiger partial charge in [0, 0.05) is 23.9 Å². The van der Waals surface area contributed by atoms with Crippen LogP contribution in [-0.2, 0) is 6.54 Å². The highest BCUT2D eigenvalue weighted by atomic mass is 19.1. The van der Waals surface area contributed by atoms with Gasteiger partial charge >= 0.3 is 0 Å². The minimum atomic E-state index is -0.440. The maximum Gasteiger partial charge on any atom is 0.251 e. The lowest BCUT2D eigenvalue weighted by atomic mass is 10.1. The summed E-state index contributed by atoms with van der Waals surface area (Å²) in [4.78, 5) is 16.3. The molecule has 0 atom stereocenters. The predicted octanol–water partition coefficient (Wildman–Crippen LogP) is 3.41. The number of hydrogen-bond donors (Lipinski definition) is 1. The fourth-order valence-electron chi connectivity index (χ4n) is 2.12. The molecule has 0 aliphatic rings. The van der Waals surface area contributed by atoms with Gasteiger partial charge in [0.25, 0.3) is 5.91 Å². The van der Waals surface area contributed by atoms with Gasteiger partial charge in [0.2, 0.25) is 0 Å². The van der Waals surface area contributed by atoms with Gasteiger partial charge in [-0.2, -0.15) is 0 Å². The van der Waals surface area contributed by atoms with Gasteiger partial charge < -0.3 is 9.73 Å². The van der Waals surface area contributed by atoms with Crippen LogP contribution in [0.1, 0.15) is 15.9 Å². The maximum absolute atomic E-state index is 13.1. The van der Waals surface area contributed by atoms with Crippen molar-refractivity contribution in [3.63, 3.8) is 0 Å². The van der Waals surface area contributed by atoms with E-state index in [2.05, 4.69) is 10.3 Å². The van der Waals surface area contributed by atoms with E-state index < -0.39 is 5.82 Å². The Kier molecular flexibility index (Phi) is 3.96. The van der Waals surface area contributed by atoms with Crippen LogP contribution in [0, 0.1) is 5.82 Å². The molecule has 0 fully saturated rings. The Bertz CT molecular complexity index is 785. The molecule has 0 unspecified atom stereocenters. The lowest BCUT2D eigenvalue weighted by Gasteiger charge is -2.08. The van der Waals surface area contributed by atoms with Crippen LogP contribution in [0.5, 0.6) is 0 Å². The molecule has 5 heteroatoms. The minimum Gasteiger partial charge on any atom is -0.463 e. The van der Waals surface area contributed by atoms with Crippen LogP contribution < -0.4 is 5.32 Å². The second-order valence-corrected chi connectivity index (χ2v) is 4.68. The van der Waals surface area contributed by atoms with Crippen LogP contribution in [0.3, 0.4) is 0 Å². The lowest BCUT2D eigenvalue weighted by Crippen LogP contribution is -2.23. The highest BCUT2D eigenvalue weighted by Crippen LogP contribution is 2.21. The zero-order chi connectivity index (χ0) is 15.4. The van der Waals surface area contributed by atoms with Crippen LogP contribution >= 0.6 is 0 Å². The molecule has 1 N–H and O–H groups in total. The number of rotatable bonds is 4. The highest BCUT2D eigenvalue weighted by molar-refractivity contribution is 5.94. The van der Waals surface area contributed by atoms with Crippen molar-refractivity contribution in [3.8, 4) is 11.5 Å². The summed E-state index contributed by atoms with van der Waals surface area (Å²) in [5, 5.41) is 2.76. The Morgan fingerprint density at radius 1 is 1.18 bits per heavy atom. The van der Waals surface area contributed by atoms with Crippen molar-refractivity contribution in [2.75, 3.05) is 0 Å². The number of carbonyl (C=O) groups is 1. The number of halogens is 1. The van der Waals surface area contributed by atoms with E-state index in [1.54, 1.807) is 36.7 Å². The van der Waals surface area contributed by atoms with Gasteiger partial charge in [-0.25, -0.2) is 4.39 Å². The third kappa shape index (κ3) is 3.03. The molecule has 0 aliphatic carbocycles. The molecule has 110 valence electrons. The summed E-state index contributed by atoms with van der Waals surface area (Å²) < 4.78 is 18.5. The Hall–Kier alpha value is -2.95. The molecular weight excluding hydrogens is 283 g/mol. The summed E-state index contributed by atoms with van der Waals surface area (Å²) in [6.07, 6.45) is 3.23. The molecule has 0 saturated heterocycles. The smallest absolute Gasteiger partial charge is 0.251 e. The molecule has 0 aliphatic heterocycles. The summed E-state index contributed by atoms with van der Waals surface area (Å²) in [5.41, 5.74) is 1.78. The molecule has 0 radical (unpaired) electrons. The number of hydrogen-bond acceptors (Lipinski definition) is 3. The van der Waals surface area contributed by atoms with Crippen molar-refractivity contribution in [1.82, 2.24) is 10.3 Å². The van der Waals surface area contributed by atoms with E-state index in [4.69, 9.17) is 4.42 Å². The summed E-state index contributed by atoms with van der Waals surface area (Å²) in [6, 6.07) is 12.8. The Labute approximate surface area is 126 Å². The van der Waals surface area contributed by atoms with E-state index in [0.717, 1.165) is 5.56 Å². The summed E-state index contributed by atoms with van der Waals surface area (Å²) in [5.74, 6) is -0.144. The summed E-state index contributed by atoms with van der Waals surface area (Å²) in [7, 11) is 0. The third-order valence-electron chi connectivity index (χ3n) is 3.17. The first kappa shape index (κ1) is 14.0. The molecule has 2 aromatic heterocycles. The average molecular weight is 296 g/mol. The van der Waals surface area contributed by atoms with Crippen LogP contribution in [0.4, 0.5) is 4.39 Å². The second kappa shape index (κ2) is 6.22. The molecule has 0 spiro atoms. The number of pyridine rings is 1. The molecule has 0 saturated carbocycles. The zero-order valence-electron chi connectivity index (χ0n) is 11.6. The van der Waals surface area contributed by atoms with Gasteiger partial charge in [0.05, 0.1) is 6.26 Å². The van der Waals surface area contributed by atoms with E-state index >= 15 is 0 Å². The van der Waals surface area contributed by atoms with E-state index in [-0.39, 0.29) is 18.0 Å². The quantitative estimate of drug-likeness (QED) is 0.802. The molecule has 0 bridgehead atoms. The SMILES string of the molecule is O=C(NCc1cccnc1-c1ccco1)c1cccc(F)c1. The first-order valence-electron chi connectivity index (χ1n) is 6.75. The van der Waals surface area contributed by atoms with Crippen LogP contribution in [-0.4, -0.2) is 10.9 Å². The minimum absolute atomic E-state index is 0.277. The van der Waals surface area contributed by atoms with Gasteiger partial charge in [-0.3, -0.25) is 9.78 Å². The Morgan fingerprint density at radius 3 is 2.86 bits per heavy atom. The maximum atomic E-state index is 13.1. The molecule has 2 heterocycles. The molecule has 22 heavy (non-hydrogen) atoms. The van der Waals surface area contributed by atoms with Crippen molar-refractivity contribution in [2.45, 2.75) is 6.54 Å². The van der Waals surface area contributed by atoms with Gasteiger partial charge in [0.15, 0.2) is 5.76 Å². The first-order chi connectivity index (χ1) is 10.7. The zero-order valence-corrected chi connectivity index (χ0v) is 11.6. The molecular formula is C17H13FN2O2. The van der Waals surface area contributed by atoms with Gasteiger partial charge in [-0.05, 0) is 36.4 Å². The normalized spacial score (nSPS) is 10.4. The first-order valence-corrected chi connectivity index (χ1v) is 6.75. The highest BCUT2D eigenvalue weighted by Gasteiger charge is 2.11. The molecule has 3 rings (SSSR count). The van der Waals surface area contributed by atoms with Gasteiger partial charge in [-0.1, -0.05) is 12.1 Å². The van der Waals surface area contributed by atoms with Crippen molar-refractivity contribution in [1.29, 1.82) is 0 Å². The predicted molar refractivity (Wildman–Crippen MR) is 79.5 cm³/mol. The third-order valence-corrected chi connectivity index (χ3v) is 3.17. The van der Waals surface area contributed by atoms with E-state index in [9.17, 15) is 9.18 Å². The molecule has 1 amide bonds. The molecule has 1 aromatic carbocycles. The number of nitrogens with one attached hydrogen (secondary N) is 1. The van der Waals surface area contributed by atoms with Crippen LogP contribution in [0.2, 0.25) is 0 Å². The molecule has 3 aromatic rings. The van der Waals surface area contributed by atoms with Gasteiger partial charge in [0.1, 0.15) is 11.5 Å². The number of benzene rings is 1. The van der Waals surface area contributed by atoms with E-state index in [0.29, 0.717) is 11.5 Å². The summed E-state index contributed by atoms with van der Waals surface area (Å²) in [6.45, 7) is 0.277. The number of amides is 1. The number of aromatic nitrogens is 1. The van der Waals surface area contributed by atoms with Crippen molar-refractivity contribution in [2.24, 2.45) is 0 Å². The Balaban J connectivity index is 1.76. The molecule has 4 nitrogen and oxygen atoms in total. The fourth-order valence-corrected chi connectivity index (χ4v) is 2.12. The van der Waals surface area contributed by atoms with Crippen molar-refractivity contribution < 1.29 is 13.6 Å². The fraction of sp³-hybridized carbons (Fsp3) is 0.0588. The summed E-state index contributed by atoms with van der Waals surface area (Å²) >= 11 is 0. The topological polar surface area (TPSA) is 55.1 Å². The lowest BCUT2D eigenvalue weighted by molar-refractivity contribution is 0.0950. The van der Waals surface area contributed by atoms with Gasteiger partial charge in [-0.15, -0.1) is 0 Å². The number of nitrogens with zero attached hydrogens (tertiary/aromatic N) is 1. The number of carbonyl (C=O) groups excluding carboxylic acids is 1. The monoisotopic (exact) mass is 296 g/mol. The van der Waals surface area contributed by atoms with Crippen molar-refractivity contribution in [3.05, 3.63) is 77.9 Å². The van der Waals surface area contributed by atoms with E-state index in [1.807, 2.05) is 6.07 Å². The second-order valence-electron chi connectivity index (χ2n) is 4.68. The largest absolute Gasteiger partial charge is 0.463 e. The van der Waals surface area contributed by atoms with Crippen molar-refractivity contribution >= 4 is 5.91 Å². The Morgan fingerprint density at radius 2 is 2.09 bits per heavy atom. The average Bonchev–Trinajstić information content (AvgIpc) is 3.07. The van der Waals surface area contributed by atoms with Crippen LogP contribution in [0.15, 0.2) is 65.4 Å².